The molecule has 4 heteroatoms. The lowest BCUT2D eigenvalue weighted by molar-refractivity contribution is -0.00626. The fourth-order valence-electron chi connectivity index (χ4n) is 2.31. The van der Waals surface area contributed by atoms with Crippen LogP contribution in [0.15, 0.2) is 0 Å². The van der Waals surface area contributed by atoms with E-state index in [0.29, 0.717) is 25.3 Å². The number of hydrogen-bond acceptors (Lipinski definition) is 4. The molecule has 1 fully saturated rings. The van der Waals surface area contributed by atoms with Crippen LogP contribution in [0.1, 0.15) is 32.6 Å². The van der Waals surface area contributed by atoms with Crippen molar-refractivity contribution in [3.8, 4) is 0 Å². The Bertz CT molecular complexity index is 194. The molecule has 0 heterocycles. The standard InChI is InChI=1S/C13H28N2O2/c1-11(9-15(2)3)14-8-12(16)10-17-13-6-4-5-7-13/h11-14,16H,4-10H2,1-3H3. The van der Waals surface area contributed by atoms with Crippen LogP contribution in [0.3, 0.4) is 0 Å². The lowest BCUT2D eigenvalue weighted by Gasteiger charge is -2.21. The molecule has 2 atom stereocenters. The van der Waals surface area contributed by atoms with Crippen LogP contribution >= 0.6 is 0 Å². The highest BCUT2D eigenvalue weighted by Crippen LogP contribution is 2.20. The van der Waals surface area contributed by atoms with Gasteiger partial charge >= 0.3 is 0 Å². The minimum atomic E-state index is -0.389. The van der Waals surface area contributed by atoms with Crippen LogP contribution < -0.4 is 5.32 Å². The van der Waals surface area contributed by atoms with Gasteiger partial charge in [-0.15, -0.1) is 0 Å². The minimum absolute atomic E-state index is 0.389. The SMILES string of the molecule is CC(CN(C)C)NCC(O)COC1CCCC1. The van der Waals surface area contributed by atoms with Gasteiger partial charge in [-0.2, -0.15) is 0 Å². The highest BCUT2D eigenvalue weighted by molar-refractivity contribution is 4.70. The molecule has 2 unspecified atom stereocenters. The van der Waals surface area contributed by atoms with Gasteiger partial charge in [-0.1, -0.05) is 12.8 Å². The highest BCUT2D eigenvalue weighted by atomic mass is 16.5. The van der Waals surface area contributed by atoms with Crippen molar-refractivity contribution in [1.29, 1.82) is 0 Å². The fraction of sp³-hybridized carbons (Fsp3) is 1.00. The van der Waals surface area contributed by atoms with Gasteiger partial charge in [0.1, 0.15) is 0 Å². The molecule has 0 aliphatic heterocycles. The lowest BCUT2D eigenvalue weighted by Crippen LogP contribution is -2.41. The smallest absolute Gasteiger partial charge is 0.0897 e. The first-order valence-corrected chi connectivity index (χ1v) is 6.75. The number of rotatable bonds is 8. The molecule has 102 valence electrons. The van der Waals surface area contributed by atoms with E-state index in [1.807, 2.05) is 0 Å². The molecule has 0 radical (unpaired) electrons. The van der Waals surface area contributed by atoms with Crippen LogP contribution in [-0.2, 0) is 4.74 Å². The molecule has 1 saturated carbocycles. The van der Waals surface area contributed by atoms with Crippen molar-refractivity contribution in [2.24, 2.45) is 0 Å². The van der Waals surface area contributed by atoms with E-state index in [2.05, 4.69) is 31.2 Å². The van der Waals surface area contributed by atoms with E-state index in [1.165, 1.54) is 12.8 Å². The Morgan fingerprint density at radius 1 is 1.35 bits per heavy atom. The van der Waals surface area contributed by atoms with Crippen LogP contribution in [0.4, 0.5) is 0 Å². The molecular formula is C13H28N2O2. The van der Waals surface area contributed by atoms with Gasteiger partial charge in [0.15, 0.2) is 0 Å². The molecule has 2 N–H and O–H groups in total. The molecule has 1 rings (SSSR count). The summed E-state index contributed by atoms with van der Waals surface area (Å²) in [5.74, 6) is 0. The summed E-state index contributed by atoms with van der Waals surface area (Å²) < 4.78 is 5.68. The molecule has 1 aliphatic rings. The predicted octanol–water partition coefficient (Wildman–Crippen LogP) is 0.846. The topological polar surface area (TPSA) is 44.7 Å². The number of likely N-dealkylation sites (N-methyl/N-ethyl adjacent to an activating group) is 1. The van der Waals surface area contributed by atoms with Crippen molar-refractivity contribution in [3.05, 3.63) is 0 Å². The van der Waals surface area contributed by atoms with Gasteiger partial charge in [0.2, 0.25) is 0 Å². The Labute approximate surface area is 105 Å². The third-order valence-electron chi connectivity index (χ3n) is 3.17. The van der Waals surface area contributed by atoms with Crippen LogP contribution in [0.5, 0.6) is 0 Å². The van der Waals surface area contributed by atoms with Crippen LogP contribution in [0.2, 0.25) is 0 Å². The second-order valence-electron chi connectivity index (χ2n) is 5.47. The first-order valence-electron chi connectivity index (χ1n) is 6.75. The first kappa shape index (κ1) is 14.9. The second-order valence-corrected chi connectivity index (χ2v) is 5.47. The molecule has 0 amide bonds. The van der Waals surface area contributed by atoms with Gasteiger partial charge in [0, 0.05) is 19.1 Å². The summed E-state index contributed by atoms with van der Waals surface area (Å²) in [7, 11) is 4.11. The third-order valence-corrected chi connectivity index (χ3v) is 3.17. The largest absolute Gasteiger partial charge is 0.389 e. The minimum Gasteiger partial charge on any atom is -0.389 e. The van der Waals surface area contributed by atoms with Gasteiger partial charge in [-0.25, -0.2) is 0 Å². The van der Waals surface area contributed by atoms with E-state index in [9.17, 15) is 5.11 Å². The zero-order valence-corrected chi connectivity index (χ0v) is 11.5. The van der Waals surface area contributed by atoms with Crippen molar-refractivity contribution in [3.63, 3.8) is 0 Å². The first-order chi connectivity index (χ1) is 8.08. The van der Waals surface area contributed by atoms with Crippen LogP contribution in [-0.4, -0.2) is 62.0 Å². The Kier molecular flexibility index (Phi) is 7.04. The Morgan fingerprint density at radius 3 is 2.59 bits per heavy atom. The van der Waals surface area contributed by atoms with Crippen molar-refractivity contribution < 1.29 is 9.84 Å². The molecule has 0 aromatic heterocycles. The number of ether oxygens (including phenoxy) is 1. The van der Waals surface area contributed by atoms with Crippen molar-refractivity contribution in [2.45, 2.75) is 50.9 Å². The lowest BCUT2D eigenvalue weighted by atomic mass is 10.3. The summed E-state index contributed by atoms with van der Waals surface area (Å²) in [6.07, 6.45) is 4.88. The highest BCUT2D eigenvalue weighted by Gasteiger charge is 2.17. The quantitative estimate of drug-likeness (QED) is 0.664. The van der Waals surface area contributed by atoms with Crippen molar-refractivity contribution in [1.82, 2.24) is 10.2 Å². The second kappa shape index (κ2) is 8.03. The molecule has 0 spiro atoms. The molecule has 0 aromatic rings. The maximum atomic E-state index is 9.79. The molecule has 0 aromatic carbocycles. The predicted molar refractivity (Wildman–Crippen MR) is 70.2 cm³/mol. The van der Waals surface area contributed by atoms with Gasteiger partial charge in [0.25, 0.3) is 0 Å². The van der Waals surface area contributed by atoms with Gasteiger partial charge in [0.05, 0.1) is 18.8 Å². The molecule has 0 saturated heterocycles. The van der Waals surface area contributed by atoms with Gasteiger partial charge in [-0.3, -0.25) is 0 Å². The number of nitrogens with zero attached hydrogens (tertiary/aromatic N) is 1. The molecule has 4 nitrogen and oxygen atoms in total. The summed E-state index contributed by atoms with van der Waals surface area (Å²) in [4.78, 5) is 2.14. The molecular weight excluding hydrogens is 216 g/mol. The number of hydrogen-bond donors (Lipinski definition) is 2. The summed E-state index contributed by atoms with van der Waals surface area (Å²) in [6, 6.07) is 0.395. The van der Waals surface area contributed by atoms with E-state index >= 15 is 0 Å². The molecule has 1 aliphatic carbocycles. The van der Waals surface area contributed by atoms with E-state index in [1.54, 1.807) is 0 Å². The summed E-state index contributed by atoms with van der Waals surface area (Å²) in [6.45, 7) is 4.19. The Morgan fingerprint density at radius 2 is 2.00 bits per heavy atom. The van der Waals surface area contributed by atoms with E-state index in [0.717, 1.165) is 19.4 Å². The van der Waals surface area contributed by atoms with Gasteiger partial charge < -0.3 is 20.1 Å². The molecule has 17 heavy (non-hydrogen) atoms. The zero-order valence-electron chi connectivity index (χ0n) is 11.5. The van der Waals surface area contributed by atoms with Crippen molar-refractivity contribution in [2.75, 3.05) is 33.8 Å². The van der Waals surface area contributed by atoms with Crippen LogP contribution in [0.25, 0.3) is 0 Å². The Hall–Kier alpha value is -0.160. The van der Waals surface area contributed by atoms with Gasteiger partial charge in [-0.05, 0) is 33.9 Å². The summed E-state index contributed by atoms with van der Waals surface area (Å²) in [5.41, 5.74) is 0. The number of nitrogens with one attached hydrogen (secondary N) is 1. The fourth-order valence-corrected chi connectivity index (χ4v) is 2.31. The van der Waals surface area contributed by atoms with E-state index in [-0.39, 0.29) is 6.10 Å². The molecule has 0 bridgehead atoms. The average Bonchev–Trinajstić information content (AvgIpc) is 2.75. The zero-order chi connectivity index (χ0) is 12.7. The summed E-state index contributed by atoms with van der Waals surface area (Å²) >= 11 is 0. The Balaban J connectivity index is 2.01. The maximum Gasteiger partial charge on any atom is 0.0897 e. The maximum absolute atomic E-state index is 9.79. The monoisotopic (exact) mass is 244 g/mol. The van der Waals surface area contributed by atoms with E-state index < -0.39 is 0 Å². The van der Waals surface area contributed by atoms with Crippen molar-refractivity contribution >= 4 is 0 Å². The number of aliphatic hydroxyl groups is 1. The van der Waals surface area contributed by atoms with Crippen LogP contribution in [0, 0.1) is 0 Å². The van der Waals surface area contributed by atoms with E-state index in [4.69, 9.17) is 4.74 Å². The summed E-state index contributed by atoms with van der Waals surface area (Å²) in [5, 5.41) is 13.1. The normalized spacial score (nSPS) is 21.0. The third kappa shape index (κ3) is 6.99. The average molecular weight is 244 g/mol. The number of aliphatic hydroxyl groups excluding tert-OH is 1.